The van der Waals surface area contributed by atoms with E-state index in [1.807, 2.05) is 12.1 Å². The van der Waals surface area contributed by atoms with Gasteiger partial charge in [-0.05, 0) is 69.9 Å². The van der Waals surface area contributed by atoms with Crippen molar-refractivity contribution in [3.8, 4) is 0 Å². The van der Waals surface area contributed by atoms with E-state index in [4.69, 9.17) is 0 Å². The summed E-state index contributed by atoms with van der Waals surface area (Å²) in [5.41, 5.74) is 2.47. The van der Waals surface area contributed by atoms with Gasteiger partial charge in [-0.3, -0.25) is 0 Å². The van der Waals surface area contributed by atoms with Crippen molar-refractivity contribution >= 4 is 15.7 Å². The summed E-state index contributed by atoms with van der Waals surface area (Å²) >= 11 is 0. The van der Waals surface area contributed by atoms with Gasteiger partial charge in [0, 0.05) is 31.4 Å². The summed E-state index contributed by atoms with van der Waals surface area (Å²) in [7, 11) is -1.19. The molecule has 1 aromatic carbocycles. The van der Waals surface area contributed by atoms with Crippen molar-refractivity contribution in [2.75, 3.05) is 44.7 Å². The number of fused-ring (bicyclic) bond motifs is 1. The molecular formula is C20H31N3O2S. The van der Waals surface area contributed by atoms with E-state index in [1.165, 1.54) is 18.4 Å². The van der Waals surface area contributed by atoms with Crippen LogP contribution < -0.4 is 4.90 Å². The predicted octanol–water partition coefficient (Wildman–Crippen LogP) is 2.71. The molecule has 0 N–H and O–H groups in total. The van der Waals surface area contributed by atoms with Crippen LogP contribution in [-0.2, 0) is 16.4 Å². The van der Waals surface area contributed by atoms with Gasteiger partial charge in [0.1, 0.15) is 0 Å². The molecule has 6 heteroatoms. The van der Waals surface area contributed by atoms with E-state index >= 15 is 0 Å². The van der Waals surface area contributed by atoms with Crippen LogP contribution in [0.1, 0.15) is 44.1 Å². The van der Waals surface area contributed by atoms with Crippen LogP contribution in [0.2, 0.25) is 0 Å². The van der Waals surface area contributed by atoms with Crippen molar-refractivity contribution in [1.82, 2.24) is 9.21 Å². The average molecular weight is 378 g/mol. The smallest absolute Gasteiger partial charge is 0.243 e. The molecule has 144 valence electrons. The highest BCUT2D eigenvalue weighted by Crippen LogP contribution is 2.35. The summed E-state index contributed by atoms with van der Waals surface area (Å²) in [6, 6.07) is 6.39. The molecule has 4 rings (SSSR count). The number of likely N-dealkylation sites (tertiary alicyclic amines) is 1. The van der Waals surface area contributed by atoms with E-state index in [-0.39, 0.29) is 0 Å². The Balaban J connectivity index is 1.59. The maximum Gasteiger partial charge on any atom is 0.243 e. The average Bonchev–Trinajstić information content (AvgIpc) is 2.87. The molecule has 3 heterocycles. The van der Waals surface area contributed by atoms with Crippen LogP contribution in [-0.4, -0.2) is 63.4 Å². The predicted molar refractivity (Wildman–Crippen MR) is 105 cm³/mol. The van der Waals surface area contributed by atoms with E-state index in [2.05, 4.69) is 22.9 Å². The molecule has 0 saturated carbocycles. The minimum absolute atomic E-state index is 0.484. The van der Waals surface area contributed by atoms with Gasteiger partial charge in [0.05, 0.1) is 4.90 Å². The van der Waals surface area contributed by atoms with Gasteiger partial charge in [-0.2, -0.15) is 4.31 Å². The zero-order chi connectivity index (χ0) is 18.1. The second kappa shape index (κ2) is 7.49. The van der Waals surface area contributed by atoms with E-state index in [0.717, 1.165) is 57.4 Å². The Bertz CT molecular complexity index is 733. The Morgan fingerprint density at radius 2 is 1.62 bits per heavy atom. The number of nitrogens with zero attached hydrogens (tertiary/aromatic N) is 3. The van der Waals surface area contributed by atoms with Crippen molar-refractivity contribution in [2.24, 2.45) is 0 Å². The normalized spacial score (nSPS) is 23.8. The second-order valence-corrected chi connectivity index (χ2v) is 10.0. The molecular weight excluding hydrogens is 346 g/mol. The molecule has 2 fully saturated rings. The number of rotatable bonds is 3. The highest BCUT2D eigenvalue weighted by Gasteiger charge is 2.31. The molecule has 0 amide bonds. The molecule has 0 bridgehead atoms. The molecule has 0 radical (unpaired) electrons. The first-order valence-electron chi connectivity index (χ1n) is 10.1. The van der Waals surface area contributed by atoms with E-state index in [9.17, 15) is 8.42 Å². The van der Waals surface area contributed by atoms with E-state index in [1.54, 1.807) is 4.31 Å². The molecule has 26 heavy (non-hydrogen) atoms. The fourth-order valence-electron chi connectivity index (χ4n) is 4.66. The van der Waals surface area contributed by atoms with Gasteiger partial charge in [-0.15, -0.1) is 0 Å². The molecule has 3 aliphatic heterocycles. The van der Waals surface area contributed by atoms with Gasteiger partial charge < -0.3 is 9.80 Å². The minimum Gasteiger partial charge on any atom is -0.368 e. The first kappa shape index (κ1) is 18.3. The Morgan fingerprint density at radius 1 is 0.923 bits per heavy atom. The minimum atomic E-state index is -3.37. The largest absolute Gasteiger partial charge is 0.368 e. The van der Waals surface area contributed by atoms with Crippen molar-refractivity contribution < 1.29 is 8.42 Å². The highest BCUT2D eigenvalue weighted by atomic mass is 32.2. The molecule has 1 aromatic rings. The Morgan fingerprint density at radius 3 is 2.31 bits per heavy atom. The van der Waals surface area contributed by atoms with Gasteiger partial charge in [0.25, 0.3) is 0 Å². The lowest BCUT2D eigenvalue weighted by molar-refractivity contribution is 0.251. The number of hydrogen-bond acceptors (Lipinski definition) is 4. The summed E-state index contributed by atoms with van der Waals surface area (Å²) in [5.74, 6) is 0. The quantitative estimate of drug-likeness (QED) is 0.812. The standard InChI is InChI=1S/C20H31N3O2S/c1-21-13-9-18(10-14-21)23-15-8-17-6-7-19(16-20(17)23)26(24,25)22-11-4-2-3-5-12-22/h6-7,16,18H,2-5,8-15H2,1H3. The third kappa shape index (κ3) is 3.51. The fraction of sp³-hybridized carbons (Fsp3) is 0.700. The third-order valence-corrected chi connectivity index (χ3v) is 8.21. The zero-order valence-corrected chi connectivity index (χ0v) is 16.7. The molecule has 0 unspecified atom stereocenters. The lowest BCUT2D eigenvalue weighted by Crippen LogP contribution is -2.43. The van der Waals surface area contributed by atoms with Crippen LogP contribution in [0.5, 0.6) is 0 Å². The summed E-state index contributed by atoms with van der Waals surface area (Å²) < 4.78 is 28.0. The molecule has 0 spiro atoms. The highest BCUT2D eigenvalue weighted by molar-refractivity contribution is 7.89. The SMILES string of the molecule is CN1CCC(N2CCc3ccc(S(=O)(=O)N4CCCCCC4)cc32)CC1. The molecule has 0 aliphatic carbocycles. The van der Waals surface area contributed by atoms with E-state index in [0.29, 0.717) is 24.0 Å². The van der Waals surface area contributed by atoms with Crippen molar-refractivity contribution in [3.63, 3.8) is 0 Å². The number of benzene rings is 1. The van der Waals surface area contributed by atoms with Gasteiger partial charge in [-0.25, -0.2) is 8.42 Å². The van der Waals surface area contributed by atoms with Crippen LogP contribution in [0.25, 0.3) is 0 Å². The molecule has 3 aliphatic rings. The number of piperidine rings is 1. The second-order valence-electron chi connectivity index (χ2n) is 8.09. The van der Waals surface area contributed by atoms with Crippen LogP contribution in [0.4, 0.5) is 5.69 Å². The number of anilines is 1. The van der Waals surface area contributed by atoms with Crippen LogP contribution in [0.15, 0.2) is 23.1 Å². The van der Waals surface area contributed by atoms with Gasteiger partial charge in [0.2, 0.25) is 10.0 Å². The first-order chi connectivity index (χ1) is 12.6. The first-order valence-corrected chi connectivity index (χ1v) is 11.6. The monoisotopic (exact) mass is 377 g/mol. The number of hydrogen-bond donors (Lipinski definition) is 0. The lowest BCUT2D eigenvalue weighted by Gasteiger charge is -2.36. The fourth-order valence-corrected chi connectivity index (χ4v) is 6.20. The van der Waals surface area contributed by atoms with E-state index < -0.39 is 10.0 Å². The molecule has 5 nitrogen and oxygen atoms in total. The Kier molecular flexibility index (Phi) is 5.26. The van der Waals surface area contributed by atoms with Crippen LogP contribution in [0.3, 0.4) is 0 Å². The van der Waals surface area contributed by atoms with Gasteiger partial charge in [0.15, 0.2) is 0 Å². The molecule has 2 saturated heterocycles. The van der Waals surface area contributed by atoms with Gasteiger partial charge >= 0.3 is 0 Å². The van der Waals surface area contributed by atoms with Crippen molar-refractivity contribution in [3.05, 3.63) is 23.8 Å². The molecule has 0 atom stereocenters. The van der Waals surface area contributed by atoms with Crippen molar-refractivity contribution in [1.29, 1.82) is 0 Å². The summed E-state index contributed by atoms with van der Waals surface area (Å²) in [6.45, 7) is 4.61. The van der Waals surface area contributed by atoms with Crippen molar-refractivity contribution in [2.45, 2.75) is 55.9 Å². The lowest BCUT2D eigenvalue weighted by atomic mass is 10.0. The maximum atomic E-state index is 13.2. The summed E-state index contributed by atoms with van der Waals surface area (Å²) in [6.07, 6.45) is 7.60. The summed E-state index contributed by atoms with van der Waals surface area (Å²) in [5, 5.41) is 0. The zero-order valence-electron chi connectivity index (χ0n) is 15.9. The van der Waals surface area contributed by atoms with Crippen LogP contribution in [0, 0.1) is 0 Å². The number of sulfonamides is 1. The van der Waals surface area contributed by atoms with Crippen LogP contribution >= 0.6 is 0 Å². The maximum absolute atomic E-state index is 13.2. The van der Waals surface area contributed by atoms with Gasteiger partial charge in [-0.1, -0.05) is 18.9 Å². The molecule has 0 aromatic heterocycles. The summed E-state index contributed by atoms with van der Waals surface area (Å²) in [4.78, 5) is 5.34. The third-order valence-electron chi connectivity index (χ3n) is 6.32. The Hall–Kier alpha value is -1.11. The Labute approximate surface area is 158 Å². The topological polar surface area (TPSA) is 43.9 Å².